The third kappa shape index (κ3) is 1.48. The summed E-state index contributed by atoms with van der Waals surface area (Å²) in [6.07, 6.45) is 0.790. The third-order valence-corrected chi connectivity index (χ3v) is 2.02. The molecule has 3 nitrogen and oxygen atoms in total. The number of carbonyl (C=O) groups is 1. The topological polar surface area (TPSA) is 49.3 Å². The van der Waals surface area contributed by atoms with Crippen LogP contribution in [0.4, 0.5) is 0 Å². The van der Waals surface area contributed by atoms with Crippen molar-refractivity contribution in [2.75, 3.05) is 6.54 Å². The van der Waals surface area contributed by atoms with E-state index >= 15 is 0 Å². The Morgan fingerprint density at radius 2 is 2.50 bits per heavy atom. The maximum atomic E-state index is 10.7. The third-order valence-electron chi connectivity index (χ3n) is 2.02. The molecule has 0 aromatic carbocycles. The highest BCUT2D eigenvalue weighted by Gasteiger charge is 2.25. The van der Waals surface area contributed by atoms with Crippen LogP contribution in [-0.4, -0.2) is 23.7 Å². The lowest BCUT2D eigenvalue weighted by Gasteiger charge is -2.26. The summed E-state index contributed by atoms with van der Waals surface area (Å²) in [6.45, 7) is 2.65. The summed E-state index contributed by atoms with van der Waals surface area (Å²) in [5, 5.41) is 12.0. The van der Waals surface area contributed by atoms with Gasteiger partial charge in [-0.15, -0.1) is 0 Å². The molecule has 0 aliphatic carbocycles. The van der Waals surface area contributed by atoms with Crippen LogP contribution in [0.2, 0.25) is 0 Å². The normalized spacial score (nSPS) is 33.6. The van der Waals surface area contributed by atoms with Gasteiger partial charge in [0.25, 0.3) is 0 Å². The monoisotopic (exact) mass is 143 g/mol. The van der Waals surface area contributed by atoms with Crippen molar-refractivity contribution in [3.05, 3.63) is 0 Å². The van der Waals surface area contributed by atoms with Gasteiger partial charge in [0, 0.05) is 12.5 Å². The molecular formula is C7H13NO2. The number of amides is 1. The van der Waals surface area contributed by atoms with E-state index in [4.69, 9.17) is 0 Å². The van der Waals surface area contributed by atoms with Gasteiger partial charge in [-0.3, -0.25) is 4.79 Å². The van der Waals surface area contributed by atoms with E-state index in [1.807, 2.05) is 6.92 Å². The number of piperidine rings is 1. The fourth-order valence-corrected chi connectivity index (χ4v) is 1.23. The largest absolute Gasteiger partial charge is 0.392 e. The number of aliphatic hydroxyl groups is 1. The van der Waals surface area contributed by atoms with E-state index in [1.165, 1.54) is 0 Å². The molecule has 1 heterocycles. The number of hydrogen-bond donors (Lipinski definition) is 2. The maximum Gasteiger partial charge on any atom is 0.222 e. The average Bonchev–Trinajstić information content (AvgIpc) is 1.88. The Hall–Kier alpha value is -0.570. The zero-order chi connectivity index (χ0) is 7.56. The van der Waals surface area contributed by atoms with Crippen molar-refractivity contribution >= 4 is 5.91 Å². The zero-order valence-corrected chi connectivity index (χ0v) is 6.13. The van der Waals surface area contributed by atoms with Crippen molar-refractivity contribution in [3.63, 3.8) is 0 Å². The molecule has 1 amide bonds. The second-order valence-electron chi connectivity index (χ2n) is 2.74. The van der Waals surface area contributed by atoms with Crippen molar-refractivity contribution in [2.45, 2.75) is 25.9 Å². The summed E-state index contributed by atoms with van der Waals surface area (Å²) in [6, 6.07) is 0. The summed E-state index contributed by atoms with van der Waals surface area (Å²) < 4.78 is 0. The van der Waals surface area contributed by atoms with Gasteiger partial charge < -0.3 is 10.4 Å². The predicted molar refractivity (Wildman–Crippen MR) is 37.4 cm³/mol. The Morgan fingerprint density at radius 3 is 3.00 bits per heavy atom. The highest BCUT2D eigenvalue weighted by molar-refractivity contribution is 5.77. The minimum atomic E-state index is -0.418. The molecule has 2 atom stereocenters. The Morgan fingerprint density at radius 1 is 1.80 bits per heavy atom. The summed E-state index contributed by atoms with van der Waals surface area (Å²) in [5.41, 5.74) is 0. The molecule has 1 fully saturated rings. The van der Waals surface area contributed by atoms with Crippen LogP contribution in [0.5, 0.6) is 0 Å². The number of hydrogen-bond acceptors (Lipinski definition) is 2. The van der Waals surface area contributed by atoms with Gasteiger partial charge in [-0.1, -0.05) is 6.92 Å². The molecule has 2 N–H and O–H groups in total. The van der Waals surface area contributed by atoms with Gasteiger partial charge in [0.05, 0.1) is 12.5 Å². The second-order valence-corrected chi connectivity index (χ2v) is 2.74. The average molecular weight is 143 g/mol. The first-order chi connectivity index (χ1) is 4.74. The molecule has 1 aliphatic rings. The Kier molecular flexibility index (Phi) is 2.27. The van der Waals surface area contributed by atoms with Crippen molar-refractivity contribution in [3.8, 4) is 0 Å². The molecule has 0 aromatic heterocycles. The Bertz CT molecular complexity index is 136. The molecule has 1 rings (SSSR count). The molecule has 3 heteroatoms. The van der Waals surface area contributed by atoms with Crippen molar-refractivity contribution in [2.24, 2.45) is 5.92 Å². The highest BCUT2D eigenvalue weighted by Crippen LogP contribution is 2.14. The lowest BCUT2D eigenvalue weighted by molar-refractivity contribution is -0.126. The van der Waals surface area contributed by atoms with Gasteiger partial charge in [0.15, 0.2) is 0 Å². The van der Waals surface area contributed by atoms with E-state index in [0.29, 0.717) is 6.54 Å². The molecule has 10 heavy (non-hydrogen) atoms. The SMILES string of the molecule is CCC1CNC(=O)CC1O. The molecule has 2 unspecified atom stereocenters. The van der Waals surface area contributed by atoms with Gasteiger partial charge >= 0.3 is 0 Å². The summed E-state index contributed by atoms with van der Waals surface area (Å²) in [5.74, 6) is 0.231. The van der Waals surface area contributed by atoms with Gasteiger partial charge in [0.1, 0.15) is 0 Å². The van der Waals surface area contributed by atoms with Gasteiger partial charge in [0.2, 0.25) is 5.91 Å². The van der Waals surface area contributed by atoms with Crippen molar-refractivity contribution in [1.29, 1.82) is 0 Å². The van der Waals surface area contributed by atoms with Gasteiger partial charge in [-0.05, 0) is 6.42 Å². The molecule has 58 valence electrons. The molecule has 0 radical (unpaired) electrons. The standard InChI is InChI=1S/C7H13NO2/c1-2-5-4-8-7(10)3-6(5)9/h5-6,9H,2-4H2,1H3,(H,8,10). The summed E-state index contributed by atoms with van der Waals surface area (Å²) in [7, 11) is 0. The van der Waals surface area contributed by atoms with Crippen LogP contribution in [0.1, 0.15) is 19.8 Å². The number of rotatable bonds is 1. The quantitative estimate of drug-likeness (QED) is 0.538. The summed E-state index contributed by atoms with van der Waals surface area (Å²) in [4.78, 5) is 10.7. The van der Waals surface area contributed by atoms with E-state index in [9.17, 15) is 9.90 Å². The smallest absolute Gasteiger partial charge is 0.222 e. The lowest BCUT2D eigenvalue weighted by Crippen LogP contribution is -2.43. The zero-order valence-electron chi connectivity index (χ0n) is 6.13. The van der Waals surface area contributed by atoms with Crippen LogP contribution in [0.3, 0.4) is 0 Å². The maximum absolute atomic E-state index is 10.7. The Labute approximate surface area is 60.4 Å². The molecule has 1 aliphatic heterocycles. The minimum absolute atomic E-state index is 0.0304. The first kappa shape index (κ1) is 7.54. The molecule has 0 spiro atoms. The summed E-state index contributed by atoms with van der Waals surface area (Å²) >= 11 is 0. The first-order valence-electron chi connectivity index (χ1n) is 3.68. The Balaban J connectivity index is 2.43. The lowest BCUT2D eigenvalue weighted by atomic mass is 9.93. The van der Waals surface area contributed by atoms with Crippen LogP contribution in [-0.2, 0) is 4.79 Å². The number of carbonyl (C=O) groups excluding carboxylic acids is 1. The predicted octanol–water partition coefficient (Wildman–Crippen LogP) is -0.107. The molecular weight excluding hydrogens is 130 g/mol. The van der Waals surface area contributed by atoms with E-state index in [1.54, 1.807) is 0 Å². The van der Waals surface area contributed by atoms with Crippen LogP contribution < -0.4 is 5.32 Å². The fraction of sp³-hybridized carbons (Fsp3) is 0.857. The minimum Gasteiger partial charge on any atom is -0.392 e. The van der Waals surface area contributed by atoms with Crippen LogP contribution in [0.25, 0.3) is 0 Å². The first-order valence-corrected chi connectivity index (χ1v) is 3.68. The van der Waals surface area contributed by atoms with E-state index < -0.39 is 6.10 Å². The van der Waals surface area contributed by atoms with Crippen LogP contribution in [0, 0.1) is 5.92 Å². The molecule has 0 saturated carbocycles. The van der Waals surface area contributed by atoms with Crippen molar-refractivity contribution < 1.29 is 9.90 Å². The molecule has 1 saturated heterocycles. The van der Waals surface area contributed by atoms with E-state index in [-0.39, 0.29) is 18.2 Å². The second kappa shape index (κ2) is 3.01. The van der Waals surface area contributed by atoms with Crippen LogP contribution >= 0.6 is 0 Å². The fourth-order valence-electron chi connectivity index (χ4n) is 1.23. The van der Waals surface area contributed by atoms with Crippen LogP contribution in [0.15, 0.2) is 0 Å². The number of nitrogens with one attached hydrogen (secondary N) is 1. The van der Waals surface area contributed by atoms with Gasteiger partial charge in [-0.2, -0.15) is 0 Å². The van der Waals surface area contributed by atoms with Gasteiger partial charge in [-0.25, -0.2) is 0 Å². The number of aliphatic hydroxyl groups excluding tert-OH is 1. The van der Waals surface area contributed by atoms with E-state index in [2.05, 4.69) is 5.32 Å². The highest BCUT2D eigenvalue weighted by atomic mass is 16.3. The molecule has 0 aromatic rings. The van der Waals surface area contributed by atoms with E-state index in [0.717, 1.165) is 6.42 Å². The van der Waals surface area contributed by atoms with Crippen molar-refractivity contribution in [1.82, 2.24) is 5.32 Å². The molecule has 0 bridgehead atoms.